The molecule has 136 valence electrons. The fourth-order valence-corrected chi connectivity index (χ4v) is 3.49. The summed E-state index contributed by atoms with van der Waals surface area (Å²) in [5.41, 5.74) is 1.86. The van der Waals surface area contributed by atoms with Gasteiger partial charge in [0.25, 0.3) is 5.91 Å². The Balaban J connectivity index is 1.60. The molecule has 3 heterocycles. The van der Waals surface area contributed by atoms with Gasteiger partial charge in [0.05, 0.1) is 29.3 Å². The predicted octanol–water partition coefficient (Wildman–Crippen LogP) is 3.56. The Morgan fingerprint density at radius 3 is 2.64 bits per heavy atom. The maximum Gasteiger partial charge on any atom is 0.268 e. The Hall–Kier alpha value is -3.61. The first-order valence-electron chi connectivity index (χ1n) is 7.96. The number of hydrogen-bond acceptors (Lipinski definition) is 7. The summed E-state index contributed by atoms with van der Waals surface area (Å²) in [6, 6.07) is 12.8. The van der Waals surface area contributed by atoms with Crippen molar-refractivity contribution in [3.8, 4) is 23.1 Å². The lowest BCUT2D eigenvalue weighted by molar-refractivity contribution is 0.103. The zero-order valence-corrected chi connectivity index (χ0v) is 15.6. The molecule has 0 atom stereocenters. The molecule has 0 bridgehead atoms. The minimum Gasteiger partial charge on any atom is -0.320 e. The van der Waals surface area contributed by atoms with Crippen molar-refractivity contribution in [3.63, 3.8) is 0 Å². The minimum absolute atomic E-state index is 0.218. The topological polar surface area (TPSA) is 109 Å². The minimum atomic E-state index is -0.459. The molecule has 4 aromatic rings. The highest BCUT2D eigenvalue weighted by Gasteiger charge is 2.21. The average molecular weight is 408 g/mol. The van der Waals surface area contributed by atoms with Gasteiger partial charge in [0.2, 0.25) is 0 Å². The van der Waals surface area contributed by atoms with E-state index >= 15 is 0 Å². The standard InChI is InChI=1S/C18H10ClN7OS/c19-14-8-12(10-21-17(14)26-22-6-7-23-26)24-18(27)16-13(9-20)15(25-28-16)11-4-2-1-3-5-11/h1-8,10H,(H,24,27). The highest BCUT2D eigenvalue weighted by Crippen LogP contribution is 2.29. The van der Waals surface area contributed by atoms with E-state index < -0.39 is 5.91 Å². The number of carbonyl (C=O) groups is 1. The van der Waals surface area contributed by atoms with Crippen molar-refractivity contribution < 1.29 is 4.79 Å². The number of pyridine rings is 1. The number of nitriles is 1. The van der Waals surface area contributed by atoms with Crippen molar-refractivity contribution in [1.82, 2.24) is 24.4 Å². The molecule has 1 amide bonds. The van der Waals surface area contributed by atoms with Gasteiger partial charge in [-0.3, -0.25) is 4.79 Å². The van der Waals surface area contributed by atoms with E-state index in [-0.39, 0.29) is 15.5 Å². The summed E-state index contributed by atoms with van der Waals surface area (Å²) >= 11 is 7.18. The van der Waals surface area contributed by atoms with Crippen LogP contribution in [0.4, 0.5) is 5.69 Å². The first-order chi connectivity index (χ1) is 13.7. The fraction of sp³-hybridized carbons (Fsp3) is 0. The van der Waals surface area contributed by atoms with E-state index in [0.29, 0.717) is 17.2 Å². The van der Waals surface area contributed by atoms with E-state index in [9.17, 15) is 10.1 Å². The Morgan fingerprint density at radius 2 is 1.96 bits per heavy atom. The number of hydrogen-bond donors (Lipinski definition) is 1. The lowest BCUT2D eigenvalue weighted by atomic mass is 10.1. The summed E-state index contributed by atoms with van der Waals surface area (Å²) < 4.78 is 4.28. The van der Waals surface area contributed by atoms with Gasteiger partial charge in [0.1, 0.15) is 22.2 Å². The van der Waals surface area contributed by atoms with Crippen LogP contribution in [0.3, 0.4) is 0 Å². The Bertz CT molecular complexity index is 1180. The van der Waals surface area contributed by atoms with Gasteiger partial charge in [-0.05, 0) is 17.6 Å². The lowest BCUT2D eigenvalue weighted by Gasteiger charge is -2.06. The van der Waals surface area contributed by atoms with Crippen LogP contribution in [-0.4, -0.2) is 30.3 Å². The van der Waals surface area contributed by atoms with Gasteiger partial charge < -0.3 is 5.32 Å². The van der Waals surface area contributed by atoms with Crippen LogP contribution in [0, 0.1) is 11.3 Å². The predicted molar refractivity (Wildman–Crippen MR) is 104 cm³/mol. The van der Waals surface area contributed by atoms with Gasteiger partial charge >= 0.3 is 0 Å². The molecule has 1 N–H and O–H groups in total. The van der Waals surface area contributed by atoms with E-state index in [0.717, 1.165) is 17.1 Å². The molecule has 8 nitrogen and oxygen atoms in total. The summed E-state index contributed by atoms with van der Waals surface area (Å²) in [6.07, 6.45) is 4.45. The third-order valence-corrected chi connectivity index (χ3v) is 4.87. The van der Waals surface area contributed by atoms with E-state index in [1.165, 1.54) is 29.5 Å². The lowest BCUT2D eigenvalue weighted by Crippen LogP contribution is -2.12. The third-order valence-electron chi connectivity index (χ3n) is 3.75. The molecule has 10 heteroatoms. The number of aromatic nitrogens is 5. The van der Waals surface area contributed by atoms with Gasteiger partial charge in [-0.1, -0.05) is 41.9 Å². The zero-order chi connectivity index (χ0) is 19.5. The van der Waals surface area contributed by atoms with Gasteiger partial charge in [-0.15, -0.1) is 4.80 Å². The van der Waals surface area contributed by atoms with Gasteiger partial charge in [-0.25, -0.2) is 4.98 Å². The molecule has 0 saturated carbocycles. The van der Waals surface area contributed by atoms with E-state index in [1.54, 1.807) is 0 Å². The van der Waals surface area contributed by atoms with Crippen molar-refractivity contribution >= 4 is 34.7 Å². The van der Waals surface area contributed by atoms with Crippen LogP contribution < -0.4 is 5.32 Å². The number of benzene rings is 1. The molecule has 0 radical (unpaired) electrons. The van der Waals surface area contributed by atoms with Crippen molar-refractivity contribution in [1.29, 1.82) is 5.26 Å². The molecule has 1 aromatic carbocycles. The first kappa shape index (κ1) is 17.8. The number of nitrogens with zero attached hydrogens (tertiary/aromatic N) is 6. The highest BCUT2D eigenvalue weighted by molar-refractivity contribution is 7.08. The maximum absolute atomic E-state index is 12.7. The van der Waals surface area contributed by atoms with Crippen LogP contribution in [0.5, 0.6) is 0 Å². The van der Waals surface area contributed by atoms with E-state index in [1.807, 2.05) is 30.3 Å². The molecule has 0 unspecified atom stereocenters. The van der Waals surface area contributed by atoms with Crippen LogP contribution in [-0.2, 0) is 0 Å². The number of halogens is 1. The molecule has 0 spiro atoms. The van der Waals surface area contributed by atoms with Crippen LogP contribution in [0.1, 0.15) is 15.2 Å². The summed E-state index contributed by atoms with van der Waals surface area (Å²) in [4.78, 5) is 18.3. The van der Waals surface area contributed by atoms with Gasteiger partial charge in [0.15, 0.2) is 5.82 Å². The van der Waals surface area contributed by atoms with Crippen LogP contribution >= 0.6 is 23.1 Å². The number of amides is 1. The third kappa shape index (κ3) is 3.34. The fourth-order valence-electron chi connectivity index (χ4n) is 2.50. The second kappa shape index (κ2) is 7.56. The van der Waals surface area contributed by atoms with Gasteiger partial charge in [-0.2, -0.15) is 19.8 Å². The van der Waals surface area contributed by atoms with Gasteiger partial charge in [0, 0.05) is 5.56 Å². The highest BCUT2D eigenvalue weighted by atomic mass is 35.5. The van der Waals surface area contributed by atoms with Crippen LogP contribution in [0.25, 0.3) is 17.1 Å². The van der Waals surface area contributed by atoms with Crippen molar-refractivity contribution in [3.05, 3.63) is 70.5 Å². The summed E-state index contributed by atoms with van der Waals surface area (Å²) in [5.74, 6) is -0.120. The molecular weight excluding hydrogens is 398 g/mol. The SMILES string of the molecule is N#Cc1c(-c2ccccc2)nsc1C(=O)Nc1cnc(-n2nccn2)c(Cl)c1. The zero-order valence-electron chi connectivity index (χ0n) is 14.1. The van der Waals surface area contributed by atoms with Crippen LogP contribution in [0.15, 0.2) is 55.0 Å². The average Bonchev–Trinajstić information content (AvgIpc) is 3.38. The molecule has 0 fully saturated rings. The van der Waals surface area contributed by atoms with Crippen molar-refractivity contribution in [2.75, 3.05) is 5.32 Å². The molecule has 0 aliphatic rings. The molecule has 4 rings (SSSR count). The van der Waals surface area contributed by atoms with E-state index in [4.69, 9.17) is 11.6 Å². The second-order valence-electron chi connectivity index (χ2n) is 5.52. The molecule has 3 aromatic heterocycles. The smallest absolute Gasteiger partial charge is 0.268 e. The maximum atomic E-state index is 12.7. The largest absolute Gasteiger partial charge is 0.320 e. The Morgan fingerprint density at radius 1 is 1.21 bits per heavy atom. The number of anilines is 1. The first-order valence-corrected chi connectivity index (χ1v) is 9.11. The van der Waals surface area contributed by atoms with E-state index in [2.05, 4.69) is 30.9 Å². The number of rotatable bonds is 4. The molecule has 0 aliphatic carbocycles. The Kier molecular flexibility index (Phi) is 4.80. The summed E-state index contributed by atoms with van der Waals surface area (Å²) in [6.45, 7) is 0. The van der Waals surface area contributed by atoms with Crippen molar-refractivity contribution in [2.24, 2.45) is 0 Å². The van der Waals surface area contributed by atoms with Crippen molar-refractivity contribution in [2.45, 2.75) is 0 Å². The number of carbonyl (C=O) groups excluding carboxylic acids is 1. The quantitative estimate of drug-likeness (QED) is 0.553. The monoisotopic (exact) mass is 407 g/mol. The molecular formula is C18H10ClN7OS. The summed E-state index contributed by atoms with van der Waals surface area (Å²) in [7, 11) is 0. The normalized spacial score (nSPS) is 10.4. The second-order valence-corrected chi connectivity index (χ2v) is 6.70. The summed E-state index contributed by atoms with van der Waals surface area (Å²) in [5, 5.41) is 20.4. The van der Waals surface area contributed by atoms with Crippen LogP contribution in [0.2, 0.25) is 5.02 Å². The molecule has 0 aliphatic heterocycles. The Labute approximate surface area is 168 Å². The molecule has 28 heavy (non-hydrogen) atoms. The molecule has 0 saturated heterocycles. The number of nitrogens with one attached hydrogen (secondary N) is 1.